The Bertz CT molecular complexity index is 1070. The standard InChI is InChI=1S/C26H37N3O4S2/c1-26(33-17-27-25(34-26)28-23-16-19-3-7-20(23)15-19)21-11-13-29(14-12-21)24(30)10-6-18-4-8-22(9-5-18)35(2,31)32/h4-5,8-9,19-21,23H,3,6-7,10-17H2,1-2H3,(H,27,28)/t19-,20+,23+,26?/m1/s1. The van der Waals surface area contributed by atoms with E-state index in [0.717, 1.165) is 48.5 Å². The van der Waals surface area contributed by atoms with Crippen LogP contribution < -0.4 is 5.32 Å². The third-order valence-electron chi connectivity index (χ3n) is 8.47. The SMILES string of the molecule is CC1(C2CCN(C(=O)CCc3ccc(S(C)(=O)=O)cc3)CC2)OCN=C(N[C@H]2C[C@@H]3CC[C@H]2C3)S1. The van der Waals surface area contributed by atoms with Gasteiger partial charge >= 0.3 is 0 Å². The molecule has 4 atom stereocenters. The highest BCUT2D eigenvalue weighted by Gasteiger charge is 2.44. The van der Waals surface area contributed by atoms with Crippen molar-refractivity contribution in [2.75, 3.05) is 26.1 Å². The molecule has 1 saturated heterocycles. The third kappa shape index (κ3) is 5.72. The molecule has 0 spiro atoms. The fourth-order valence-corrected chi connectivity index (χ4v) is 8.15. The highest BCUT2D eigenvalue weighted by atomic mass is 32.2. The minimum absolute atomic E-state index is 0.165. The molecule has 2 aliphatic carbocycles. The van der Waals surface area contributed by atoms with Crippen LogP contribution in [0.2, 0.25) is 0 Å². The molecule has 1 unspecified atom stereocenters. The van der Waals surface area contributed by atoms with Gasteiger partial charge in [-0.05, 0) is 75.0 Å². The van der Waals surface area contributed by atoms with Crippen LogP contribution in [0.15, 0.2) is 34.2 Å². The Morgan fingerprint density at radius 3 is 2.54 bits per heavy atom. The van der Waals surface area contributed by atoms with Crippen molar-refractivity contribution >= 4 is 32.7 Å². The molecule has 4 aliphatic rings. The van der Waals surface area contributed by atoms with E-state index >= 15 is 0 Å². The molecule has 1 amide bonds. The number of hydrogen-bond donors (Lipinski definition) is 1. The minimum atomic E-state index is -3.20. The molecule has 1 aromatic rings. The molecule has 2 saturated carbocycles. The Labute approximate surface area is 213 Å². The first-order valence-corrected chi connectivity index (χ1v) is 15.6. The van der Waals surface area contributed by atoms with E-state index in [2.05, 4.69) is 17.2 Å². The normalized spacial score (nSPS) is 31.4. The van der Waals surface area contributed by atoms with Crippen LogP contribution in [0.1, 0.15) is 57.4 Å². The van der Waals surface area contributed by atoms with E-state index in [0.29, 0.717) is 36.4 Å². The summed E-state index contributed by atoms with van der Waals surface area (Å²) in [6.45, 7) is 4.10. The second kappa shape index (κ2) is 10.1. The van der Waals surface area contributed by atoms with E-state index in [-0.39, 0.29) is 10.8 Å². The van der Waals surface area contributed by atoms with E-state index in [1.165, 1.54) is 31.9 Å². The van der Waals surface area contributed by atoms with Crippen molar-refractivity contribution in [2.45, 2.75) is 74.2 Å². The quantitative estimate of drug-likeness (QED) is 0.615. The van der Waals surface area contributed by atoms with Crippen molar-refractivity contribution in [3.8, 4) is 0 Å². The van der Waals surface area contributed by atoms with E-state index in [1.807, 2.05) is 4.90 Å². The molecule has 9 heteroatoms. The van der Waals surface area contributed by atoms with E-state index < -0.39 is 9.84 Å². The first-order valence-electron chi connectivity index (χ1n) is 12.9. The fraction of sp³-hybridized carbons (Fsp3) is 0.692. The Balaban J connectivity index is 1.09. The lowest BCUT2D eigenvalue weighted by Gasteiger charge is -2.43. The molecular formula is C26H37N3O4S2. The van der Waals surface area contributed by atoms with E-state index in [9.17, 15) is 13.2 Å². The molecule has 3 fully saturated rings. The van der Waals surface area contributed by atoms with Crippen molar-refractivity contribution in [1.29, 1.82) is 0 Å². The van der Waals surface area contributed by atoms with Crippen LogP contribution >= 0.6 is 11.8 Å². The summed E-state index contributed by atoms with van der Waals surface area (Å²) in [5.41, 5.74) is 0.981. The van der Waals surface area contributed by atoms with Gasteiger partial charge in [-0.15, -0.1) is 0 Å². The summed E-state index contributed by atoms with van der Waals surface area (Å²) in [6, 6.07) is 7.42. The van der Waals surface area contributed by atoms with Gasteiger partial charge < -0.3 is 15.0 Å². The average Bonchev–Trinajstić information content (AvgIpc) is 3.46. The molecule has 2 bridgehead atoms. The van der Waals surface area contributed by atoms with Crippen LogP contribution in [0.3, 0.4) is 0 Å². The topological polar surface area (TPSA) is 88.1 Å². The first-order chi connectivity index (χ1) is 16.7. The maximum atomic E-state index is 12.8. The maximum absolute atomic E-state index is 12.8. The van der Waals surface area contributed by atoms with Crippen molar-refractivity contribution in [3.63, 3.8) is 0 Å². The van der Waals surface area contributed by atoms with Gasteiger partial charge in [0.1, 0.15) is 11.7 Å². The van der Waals surface area contributed by atoms with Gasteiger partial charge in [-0.1, -0.05) is 30.3 Å². The van der Waals surface area contributed by atoms with E-state index in [4.69, 9.17) is 4.74 Å². The number of aryl methyl sites for hydroxylation is 1. The molecule has 192 valence electrons. The van der Waals surface area contributed by atoms with Crippen LogP contribution in [-0.4, -0.2) is 61.4 Å². The predicted molar refractivity (Wildman–Crippen MR) is 139 cm³/mol. The number of benzene rings is 1. The summed E-state index contributed by atoms with van der Waals surface area (Å²) < 4.78 is 29.4. The molecule has 0 aromatic heterocycles. The van der Waals surface area contributed by atoms with Gasteiger partial charge in [0, 0.05) is 37.7 Å². The van der Waals surface area contributed by atoms with Crippen LogP contribution in [0, 0.1) is 17.8 Å². The Morgan fingerprint density at radius 1 is 1.17 bits per heavy atom. The molecule has 2 aliphatic heterocycles. The summed E-state index contributed by atoms with van der Waals surface area (Å²) in [5, 5.41) is 4.79. The summed E-state index contributed by atoms with van der Waals surface area (Å²) in [7, 11) is -3.20. The smallest absolute Gasteiger partial charge is 0.222 e. The van der Waals surface area contributed by atoms with Gasteiger partial charge in [-0.25, -0.2) is 13.4 Å². The molecule has 1 N–H and O–H groups in total. The van der Waals surface area contributed by atoms with Gasteiger partial charge in [-0.2, -0.15) is 0 Å². The van der Waals surface area contributed by atoms with Crippen molar-refractivity contribution in [3.05, 3.63) is 29.8 Å². The van der Waals surface area contributed by atoms with Gasteiger partial charge in [0.15, 0.2) is 15.0 Å². The second-order valence-electron chi connectivity index (χ2n) is 10.9. The monoisotopic (exact) mass is 519 g/mol. The van der Waals surface area contributed by atoms with Gasteiger partial charge in [0.25, 0.3) is 0 Å². The lowest BCUT2D eigenvalue weighted by Crippen LogP contribution is -2.49. The number of amidine groups is 1. The summed E-state index contributed by atoms with van der Waals surface area (Å²) in [5.74, 6) is 2.26. The Kier molecular flexibility index (Phi) is 7.21. The number of hydrogen-bond acceptors (Lipinski definition) is 7. The largest absolute Gasteiger partial charge is 0.362 e. The number of carbonyl (C=O) groups excluding carboxylic acids is 1. The number of sulfone groups is 1. The molecule has 35 heavy (non-hydrogen) atoms. The molecule has 1 aromatic carbocycles. The fourth-order valence-electron chi connectivity index (χ4n) is 6.30. The van der Waals surface area contributed by atoms with Crippen molar-refractivity contribution < 1.29 is 17.9 Å². The third-order valence-corrected chi connectivity index (χ3v) is 10.9. The summed E-state index contributed by atoms with van der Waals surface area (Å²) >= 11 is 1.74. The highest BCUT2D eigenvalue weighted by molar-refractivity contribution is 8.14. The van der Waals surface area contributed by atoms with Crippen LogP contribution in [0.4, 0.5) is 0 Å². The number of fused-ring (bicyclic) bond motifs is 2. The number of aliphatic imine (C=N–C) groups is 1. The number of piperidine rings is 1. The second-order valence-corrected chi connectivity index (χ2v) is 14.3. The maximum Gasteiger partial charge on any atom is 0.222 e. The zero-order valence-electron chi connectivity index (χ0n) is 20.7. The van der Waals surface area contributed by atoms with Crippen LogP contribution in [0.25, 0.3) is 0 Å². The summed E-state index contributed by atoms with van der Waals surface area (Å²) in [6.07, 6.45) is 9.53. The molecule has 2 heterocycles. The lowest BCUT2D eigenvalue weighted by molar-refractivity contribution is -0.133. The van der Waals surface area contributed by atoms with Crippen LogP contribution in [-0.2, 0) is 25.8 Å². The van der Waals surface area contributed by atoms with Crippen LogP contribution in [0.5, 0.6) is 0 Å². The minimum Gasteiger partial charge on any atom is -0.362 e. The molecule has 5 rings (SSSR count). The van der Waals surface area contributed by atoms with Gasteiger partial charge in [-0.3, -0.25) is 4.79 Å². The number of carbonyl (C=O) groups is 1. The number of nitrogens with zero attached hydrogens (tertiary/aromatic N) is 2. The number of amides is 1. The number of rotatable bonds is 6. The van der Waals surface area contributed by atoms with E-state index in [1.54, 1.807) is 36.0 Å². The van der Waals surface area contributed by atoms with Crippen molar-refractivity contribution in [2.24, 2.45) is 22.7 Å². The van der Waals surface area contributed by atoms with Gasteiger partial charge in [0.05, 0.1) is 4.90 Å². The predicted octanol–water partition coefficient (Wildman–Crippen LogP) is 3.83. The zero-order chi connectivity index (χ0) is 24.6. The number of nitrogens with one attached hydrogen (secondary N) is 1. The Morgan fingerprint density at radius 2 is 1.91 bits per heavy atom. The summed E-state index contributed by atoms with van der Waals surface area (Å²) in [4.78, 5) is 19.4. The van der Waals surface area contributed by atoms with Gasteiger partial charge in [0.2, 0.25) is 5.91 Å². The molecule has 0 radical (unpaired) electrons. The highest BCUT2D eigenvalue weighted by Crippen LogP contribution is 2.46. The van der Waals surface area contributed by atoms with Crippen molar-refractivity contribution in [1.82, 2.24) is 10.2 Å². The lowest BCUT2D eigenvalue weighted by atomic mass is 9.91. The molecular weight excluding hydrogens is 482 g/mol. The zero-order valence-corrected chi connectivity index (χ0v) is 22.4. The Hall–Kier alpha value is -1.58. The average molecular weight is 520 g/mol. The number of ether oxygens (including phenoxy) is 1. The number of likely N-dealkylation sites (tertiary alicyclic amines) is 1. The molecule has 7 nitrogen and oxygen atoms in total. The first kappa shape index (κ1) is 25.1. The number of thioether (sulfide) groups is 1.